The van der Waals surface area contributed by atoms with Crippen molar-refractivity contribution in [2.24, 2.45) is 0 Å². The number of benzene rings is 4. The lowest BCUT2D eigenvalue weighted by Gasteiger charge is -2.18. The van der Waals surface area contributed by atoms with Crippen LogP contribution in [0.1, 0.15) is 15.9 Å². The molecule has 1 amide bonds. The van der Waals surface area contributed by atoms with Crippen molar-refractivity contribution in [3.63, 3.8) is 0 Å². The number of carbonyl (C=O) groups excluding carboxylic acids is 2. The summed E-state index contributed by atoms with van der Waals surface area (Å²) in [5.41, 5.74) is 1.43. The van der Waals surface area contributed by atoms with Crippen LogP contribution in [-0.4, -0.2) is 17.9 Å². The van der Waals surface area contributed by atoms with Crippen molar-refractivity contribution >= 4 is 22.6 Å². The molecule has 4 heteroatoms. The molecule has 0 fully saturated rings. The minimum absolute atomic E-state index is 0.313. The molecule has 0 saturated heterocycles. The molecule has 0 aromatic heterocycles. The number of esters is 1. The van der Waals surface area contributed by atoms with Gasteiger partial charge in [0.15, 0.2) is 0 Å². The fourth-order valence-electron chi connectivity index (χ4n) is 3.29. The zero-order valence-corrected chi connectivity index (χ0v) is 16.3. The highest BCUT2D eigenvalue weighted by molar-refractivity contribution is 5.97. The van der Waals surface area contributed by atoms with E-state index >= 15 is 0 Å². The van der Waals surface area contributed by atoms with Crippen molar-refractivity contribution in [3.8, 4) is 5.75 Å². The Hall–Kier alpha value is -3.92. The van der Waals surface area contributed by atoms with Crippen molar-refractivity contribution in [2.75, 3.05) is 0 Å². The normalized spacial score (nSPS) is 11.6. The highest BCUT2D eigenvalue weighted by Gasteiger charge is 2.24. The minimum atomic E-state index is -0.813. The van der Waals surface area contributed by atoms with E-state index in [1.165, 1.54) is 0 Å². The molecule has 4 aromatic carbocycles. The quantitative estimate of drug-likeness (QED) is 0.377. The Balaban J connectivity index is 1.55. The van der Waals surface area contributed by atoms with E-state index in [0.29, 0.717) is 17.7 Å². The van der Waals surface area contributed by atoms with Gasteiger partial charge in [0.1, 0.15) is 11.8 Å². The van der Waals surface area contributed by atoms with Gasteiger partial charge in [0, 0.05) is 12.0 Å². The number of fused-ring (bicyclic) bond motifs is 1. The number of rotatable bonds is 6. The van der Waals surface area contributed by atoms with Crippen LogP contribution in [0.15, 0.2) is 103 Å². The predicted molar refractivity (Wildman–Crippen MR) is 117 cm³/mol. The van der Waals surface area contributed by atoms with Crippen LogP contribution in [0.3, 0.4) is 0 Å². The van der Waals surface area contributed by atoms with Gasteiger partial charge in [0.25, 0.3) is 5.91 Å². The smallest absolute Gasteiger partial charge is 0.334 e. The van der Waals surface area contributed by atoms with Crippen LogP contribution in [0.4, 0.5) is 0 Å². The van der Waals surface area contributed by atoms with Crippen LogP contribution in [0, 0.1) is 0 Å². The van der Waals surface area contributed by atoms with E-state index in [4.69, 9.17) is 4.74 Å². The van der Waals surface area contributed by atoms with Crippen LogP contribution in [0.2, 0.25) is 0 Å². The maximum atomic E-state index is 13.0. The van der Waals surface area contributed by atoms with E-state index < -0.39 is 12.0 Å². The Morgan fingerprint density at radius 1 is 0.733 bits per heavy atom. The second-order valence-electron chi connectivity index (χ2n) is 7.01. The third kappa shape index (κ3) is 4.73. The maximum Gasteiger partial charge on any atom is 0.334 e. The van der Waals surface area contributed by atoms with Gasteiger partial charge in [0.2, 0.25) is 0 Å². The van der Waals surface area contributed by atoms with E-state index in [1.54, 1.807) is 30.3 Å². The van der Waals surface area contributed by atoms with Crippen LogP contribution in [0.5, 0.6) is 5.75 Å². The number of hydrogen-bond donors (Lipinski definition) is 1. The topological polar surface area (TPSA) is 55.4 Å². The van der Waals surface area contributed by atoms with E-state index in [9.17, 15) is 9.59 Å². The van der Waals surface area contributed by atoms with Gasteiger partial charge in [-0.1, -0.05) is 78.9 Å². The zero-order chi connectivity index (χ0) is 20.8. The summed E-state index contributed by atoms with van der Waals surface area (Å²) in [5, 5.41) is 4.87. The first-order chi connectivity index (χ1) is 14.7. The van der Waals surface area contributed by atoms with Crippen molar-refractivity contribution in [1.29, 1.82) is 0 Å². The van der Waals surface area contributed by atoms with Crippen LogP contribution < -0.4 is 10.1 Å². The van der Waals surface area contributed by atoms with Gasteiger partial charge in [-0.05, 0) is 40.6 Å². The Bertz CT molecular complexity index is 1160. The second kappa shape index (κ2) is 9.05. The number of carbonyl (C=O) groups is 2. The summed E-state index contributed by atoms with van der Waals surface area (Å²) in [6, 6.07) is 30.9. The van der Waals surface area contributed by atoms with Gasteiger partial charge in [0.05, 0.1) is 0 Å². The first-order valence-electron chi connectivity index (χ1n) is 9.79. The highest BCUT2D eigenvalue weighted by Crippen LogP contribution is 2.21. The zero-order valence-electron chi connectivity index (χ0n) is 16.3. The van der Waals surface area contributed by atoms with Gasteiger partial charge in [-0.25, -0.2) is 4.79 Å². The van der Waals surface area contributed by atoms with Gasteiger partial charge < -0.3 is 10.1 Å². The fourth-order valence-corrected chi connectivity index (χ4v) is 3.29. The van der Waals surface area contributed by atoms with Crippen LogP contribution >= 0.6 is 0 Å². The van der Waals surface area contributed by atoms with Gasteiger partial charge in [-0.3, -0.25) is 4.79 Å². The Labute approximate surface area is 175 Å². The summed E-state index contributed by atoms with van der Waals surface area (Å²) in [6.07, 6.45) is 0.339. The number of hydrogen-bond acceptors (Lipinski definition) is 3. The summed E-state index contributed by atoms with van der Waals surface area (Å²) in [6.45, 7) is 0. The van der Waals surface area contributed by atoms with Gasteiger partial charge in [-0.2, -0.15) is 0 Å². The largest absolute Gasteiger partial charge is 0.425 e. The van der Waals surface area contributed by atoms with Gasteiger partial charge >= 0.3 is 5.97 Å². The number of amides is 1. The SMILES string of the molecule is O=C(NC(Cc1ccccc1)C(=O)Oc1ccc2ccccc2c1)c1ccccc1. The summed E-state index contributed by atoms with van der Waals surface area (Å²) in [7, 11) is 0. The summed E-state index contributed by atoms with van der Waals surface area (Å²) < 4.78 is 5.64. The van der Waals surface area contributed by atoms with Crippen molar-refractivity contribution in [1.82, 2.24) is 5.32 Å². The molecule has 1 N–H and O–H groups in total. The minimum Gasteiger partial charge on any atom is -0.425 e. The summed E-state index contributed by atoms with van der Waals surface area (Å²) in [4.78, 5) is 25.6. The lowest BCUT2D eigenvalue weighted by atomic mass is 10.1. The monoisotopic (exact) mass is 395 g/mol. The molecular weight excluding hydrogens is 374 g/mol. The van der Waals surface area contributed by atoms with Crippen LogP contribution in [-0.2, 0) is 11.2 Å². The molecule has 4 rings (SSSR count). The third-order valence-electron chi connectivity index (χ3n) is 4.85. The van der Waals surface area contributed by atoms with Gasteiger partial charge in [-0.15, -0.1) is 0 Å². The Kier molecular flexibility index (Phi) is 5.85. The molecule has 0 aliphatic rings. The van der Waals surface area contributed by atoms with E-state index in [-0.39, 0.29) is 5.91 Å². The van der Waals surface area contributed by atoms with Crippen molar-refractivity contribution < 1.29 is 14.3 Å². The molecule has 1 atom stereocenters. The van der Waals surface area contributed by atoms with E-state index in [2.05, 4.69) is 5.32 Å². The van der Waals surface area contributed by atoms with Crippen molar-refractivity contribution in [3.05, 3.63) is 114 Å². The summed E-state index contributed by atoms with van der Waals surface area (Å²) in [5.74, 6) is -0.365. The average molecular weight is 395 g/mol. The molecule has 0 bridgehead atoms. The number of nitrogens with one attached hydrogen (secondary N) is 1. The standard InChI is InChI=1S/C26H21NO3/c28-25(21-12-5-2-6-13-21)27-24(17-19-9-3-1-4-10-19)26(29)30-23-16-15-20-11-7-8-14-22(20)18-23/h1-16,18,24H,17H2,(H,27,28). The molecule has 0 aliphatic carbocycles. The fraction of sp³-hybridized carbons (Fsp3) is 0.0769. The first-order valence-corrected chi connectivity index (χ1v) is 9.79. The maximum absolute atomic E-state index is 13.0. The number of ether oxygens (including phenoxy) is 1. The van der Waals surface area contributed by atoms with E-state index in [0.717, 1.165) is 16.3 Å². The molecule has 0 radical (unpaired) electrons. The predicted octanol–water partition coefficient (Wildman–Crippen LogP) is 4.79. The molecule has 30 heavy (non-hydrogen) atoms. The van der Waals surface area contributed by atoms with Crippen LogP contribution in [0.25, 0.3) is 10.8 Å². The first kappa shape index (κ1) is 19.4. The second-order valence-corrected chi connectivity index (χ2v) is 7.01. The highest BCUT2D eigenvalue weighted by atomic mass is 16.5. The Morgan fingerprint density at radius 3 is 2.10 bits per heavy atom. The lowest BCUT2D eigenvalue weighted by Crippen LogP contribution is -2.44. The molecule has 0 spiro atoms. The van der Waals surface area contributed by atoms with Crippen molar-refractivity contribution in [2.45, 2.75) is 12.5 Å². The molecule has 1 unspecified atom stereocenters. The molecule has 0 heterocycles. The third-order valence-corrected chi connectivity index (χ3v) is 4.85. The molecule has 148 valence electrons. The average Bonchev–Trinajstić information content (AvgIpc) is 2.80. The summed E-state index contributed by atoms with van der Waals surface area (Å²) >= 11 is 0. The molecule has 4 aromatic rings. The molecule has 0 aliphatic heterocycles. The Morgan fingerprint density at radius 2 is 1.37 bits per heavy atom. The molecule has 0 saturated carbocycles. The van der Waals surface area contributed by atoms with E-state index in [1.807, 2.05) is 72.8 Å². The molecular formula is C26H21NO3. The molecule has 4 nitrogen and oxygen atoms in total. The lowest BCUT2D eigenvalue weighted by molar-refractivity contribution is -0.136.